The van der Waals surface area contributed by atoms with Gasteiger partial charge in [-0.15, -0.1) is 0 Å². The van der Waals surface area contributed by atoms with Crippen molar-refractivity contribution in [2.45, 2.75) is 29.5 Å². The van der Waals surface area contributed by atoms with Crippen molar-refractivity contribution in [3.63, 3.8) is 0 Å². The molecule has 2 rings (SSSR count). The lowest BCUT2D eigenvalue weighted by Gasteiger charge is -2.39. The highest BCUT2D eigenvalue weighted by atomic mass is 32.2. The first-order chi connectivity index (χ1) is 8.50. The predicted octanol–water partition coefficient (Wildman–Crippen LogP) is 1.28. The maximum atomic E-state index is 12.6. The Morgan fingerprint density at radius 1 is 1.33 bits per heavy atom. The first-order valence-corrected chi connectivity index (χ1v) is 7.75. The Morgan fingerprint density at radius 3 is 2.67 bits per heavy atom. The van der Waals surface area contributed by atoms with E-state index >= 15 is 0 Å². The average molecular weight is 268 g/mol. The molecule has 100 valence electrons. The lowest BCUT2D eigenvalue weighted by molar-refractivity contribution is 0.516. The lowest BCUT2D eigenvalue weighted by Crippen LogP contribution is -2.48. The van der Waals surface area contributed by atoms with Crippen LogP contribution in [-0.4, -0.2) is 40.3 Å². The van der Waals surface area contributed by atoms with Crippen molar-refractivity contribution in [3.05, 3.63) is 24.3 Å². The van der Waals surface area contributed by atoms with E-state index in [2.05, 4.69) is 10.2 Å². The summed E-state index contributed by atoms with van der Waals surface area (Å²) in [4.78, 5) is 2.53. The van der Waals surface area contributed by atoms with Crippen LogP contribution in [0.1, 0.15) is 13.3 Å². The highest BCUT2D eigenvalue weighted by Gasteiger charge is 2.40. The molecule has 1 heterocycles. The quantitative estimate of drug-likeness (QED) is 0.897. The minimum absolute atomic E-state index is 0.00162. The monoisotopic (exact) mass is 268 g/mol. The molecule has 0 saturated carbocycles. The van der Waals surface area contributed by atoms with Crippen molar-refractivity contribution in [1.29, 1.82) is 0 Å². The van der Waals surface area contributed by atoms with Gasteiger partial charge in [-0.05, 0) is 39.1 Å². The molecule has 1 aromatic carbocycles. The molecule has 0 fully saturated rings. The summed E-state index contributed by atoms with van der Waals surface area (Å²) in [6.07, 6.45) is 0.638. The van der Waals surface area contributed by atoms with E-state index in [1.165, 1.54) is 0 Å². The SMILES string of the molecule is CNCCC1C(C)N(C)c2ccccc2S1(=O)=O. The highest BCUT2D eigenvalue weighted by molar-refractivity contribution is 7.92. The van der Waals surface area contributed by atoms with Crippen LogP contribution in [0.3, 0.4) is 0 Å². The van der Waals surface area contributed by atoms with Gasteiger partial charge in [-0.2, -0.15) is 0 Å². The zero-order valence-electron chi connectivity index (χ0n) is 11.1. The maximum absolute atomic E-state index is 12.6. The summed E-state index contributed by atoms with van der Waals surface area (Å²) in [5.41, 5.74) is 0.811. The Labute approximate surface area is 109 Å². The van der Waals surface area contributed by atoms with Gasteiger partial charge in [0.05, 0.1) is 15.8 Å². The minimum Gasteiger partial charge on any atom is -0.370 e. The molecule has 0 saturated heterocycles. The summed E-state index contributed by atoms with van der Waals surface area (Å²) in [6, 6.07) is 7.25. The van der Waals surface area contributed by atoms with E-state index in [9.17, 15) is 8.42 Å². The number of hydrogen-bond acceptors (Lipinski definition) is 4. The largest absolute Gasteiger partial charge is 0.370 e. The van der Waals surface area contributed by atoms with Crippen molar-refractivity contribution in [2.24, 2.45) is 0 Å². The number of para-hydroxylation sites is 1. The Morgan fingerprint density at radius 2 is 2.00 bits per heavy atom. The standard InChI is InChI=1S/C13H20N2O2S/c1-10-12(8-9-14-2)18(16,17)13-7-5-4-6-11(13)15(10)3/h4-7,10,12,14H,8-9H2,1-3H3. The molecule has 1 aliphatic rings. The summed E-state index contributed by atoms with van der Waals surface area (Å²) in [5.74, 6) is 0. The third-order valence-electron chi connectivity index (χ3n) is 3.78. The zero-order chi connectivity index (χ0) is 13.3. The maximum Gasteiger partial charge on any atom is 0.185 e. The van der Waals surface area contributed by atoms with Crippen molar-refractivity contribution in [1.82, 2.24) is 5.32 Å². The lowest BCUT2D eigenvalue weighted by atomic mass is 10.1. The molecule has 0 bridgehead atoms. The Hall–Kier alpha value is -1.07. The molecular weight excluding hydrogens is 248 g/mol. The van der Waals surface area contributed by atoms with E-state index in [0.29, 0.717) is 17.9 Å². The number of nitrogens with zero attached hydrogens (tertiary/aromatic N) is 1. The molecule has 1 N–H and O–H groups in total. The first kappa shape index (κ1) is 13.4. The molecule has 2 unspecified atom stereocenters. The molecule has 0 spiro atoms. The Balaban J connectivity index is 2.49. The van der Waals surface area contributed by atoms with Crippen LogP contribution in [0.15, 0.2) is 29.2 Å². The third kappa shape index (κ3) is 2.01. The van der Waals surface area contributed by atoms with Crippen molar-refractivity contribution in [2.75, 3.05) is 25.5 Å². The predicted molar refractivity (Wildman–Crippen MR) is 73.8 cm³/mol. The second-order valence-electron chi connectivity index (χ2n) is 4.79. The smallest absolute Gasteiger partial charge is 0.185 e. The molecule has 0 radical (unpaired) electrons. The molecular formula is C13H20N2O2S. The van der Waals surface area contributed by atoms with Gasteiger partial charge >= 0.3 is 0 Å². The van der Waals surface area contributed by atoms with Gasteiger partial charge in [-0.3, -0.25) is 0 Å². The number of hydrogen-bond donors (Lipinski definition) is 1. The van der Waals surface area contributed by atoms with E-state index in [1.54, 1.807) is 12.1 Å². The fraction of sp³-hybridized carbons (Fsp3) is 0.538. The Kier molecular flexibility index (Phi) is 3.64. The minimum atomic E-state index is -3.22. The summed E-state index contributed by atoms with van der Waals surface area (Å²) in [7, 11) is 0.589. The van der Waals surface area contributed by atoms with Crippen LogP contribution in [0.2, 0.25) is 0 Å². The van der Waals surface area contributed by atoms with E-state index < -0.39 is 9.84 Å². The second kappa shape index (κ2) is 4.90. The van der Waals surface area contributed by atoms with Gasteiger partial charge in [0.2, 0.25) is 0 Å². The third-order valence-corrected chi connectivity index (χ3v) is 6.16. The molecule has 5 heteroatoms. The number of rotatable bonds is 3. The molecule has 1 aromatic rings. The number of fused-ring (bicyclic) bond motifs is 1. The first-order valence-electron chi connectivity index (χ1n) is 6.20. The van der Waals surface area contributed by atoms with Crippen LogP contribution >= 0.6 is 0 Å². The summed E-state index contributed by atoms with van der Waals surface area (Å²) < 4.78 is 25.2. The van der Waals surface area contributed by atoms with Crippen LogP contribution in [0.25, 0.3) is 0 Å². The summed E-state index contributed by atoms with van der Waals surface area (Å²) in [6.45, 7) is 2.69. The van der Waals surface area contributed by atoms with E-state index in [4.69, 9.17) is 0 Å². The average Bonchev–Trinajstić information content (AvgIpc) is 2.36. The fourth-order valence-corrected chi connectivity index (χ4v) is 4.79. The number of nitrogens with one attached hydrogen (secondary N) is 1. The van der Waals surface area contributed by atoms with Gasteiger partial charge in [-0.25, -0.2) is 8.42 Å². The second-order valence-corrected chi connectivity index (χ2v) is 6.93. The Bertz CT molecular complexity index is 528. The van der Waals surface area contributed by atoms with Gasteiger partial charge in [0.1, 0.15) is 0 Å². The van der Waals surface area contributed by atoms with Crippen LogP contribution in [0.5, 0.6) is 0 Å². The van der Waals surface area contributed by atoms with E-state index in [1.807, 2.05) is 33.2 Å². The molecule has 2 atom stereocenters. The topological polar surface area (TPSA) is 49.4 Å². The van der Waals surface area contributed by atoms with Crippen molar-refractivity contribution >= 4 is 15.5 Å². The van der Waals surface area contributed by atoms with Gasteiger partial charge in [0.15, 0.2) is 9.84 Å². The van der Waals surface area contributed by atoms with Crippen molar-refractivity contribution < 1.29 is 8.42 Å². The molecule has 0 aliphatic carbocycles. The van der Waals surface area contributed by atoms with Crippen LogP contribution < -0.4 is 10.2 Å². The fourth-order valence-electron chi connectivity index (χ4n) is 2.56. The normalized spacial score (nSPS) is 25.8. The number of anilines is 1. The summed E-state index contributed by atoms with van der Waals surface area (Å²) in [5, 5.41) is 2.69. The zero-order valence-corrected chi connectivity index (χ0v) is 11.9. The molecule has 18 heavy (non-hydrogen) atoms. The van der Waals surface area contributed by atoms with Gasteiger partial charge in [0, 0.05) is 13.1 Å². The molecule has 1 aliphatic heterocycles. The van der Waals surface area contributed by atoms with Crippen LogP contribution in [0.4, 0.5) is 5.69 Å². The van der Waals surface area contributed by atoms with E-state index in [-0.39, 0.29) is 11.3 Å². The van der Waals surface area contributed by atoms with Crippen LogP contribution in [-0.2, 0) is 9.84 Å². The van der Waals surface area contributed by atoms with Gasteiger partial charge in [0.25, 0.3) is 0 Å². The number of benzene rings is 1. The van der Waals surface area contributed by atoms with Gasteiger partial charge < -0.3 is 10.2 Å². The molecule has 0 aromatic heterocycles. The summed E-state index contributed by atoms with van der Waals surface area (Å²) >= 11 is 0. The number of sulfone groups is 1. The van der Waals surface area contributed by atoms with Crippen LogP contribution in [0, 0.1) is 0 Å². The van der Waals surface area contributed by atoms with Crippen molar-refractivity contribution in [3.8, 4) is 0 Å². The van der Waals surface area contributed by atoms with E-state index in [0.717, 1.165) is 5.69 Å². The molecule has 0 amide bonds. The highest BCUT2D eigenvalue weighted by Crippen LogP contribution is 2.36. The molecule has 4 nitrogen and oxygen atoms in total. The van der Waals surface area contributed by atoms with Gasteiger partial charge in [-0.1, -0.05) is 12.1 Å².